The molecule has 8 nitrogen and oxygen atoms in total. The Morgan fingerprint density at radius 3 is 2.91 bits per heavy atom. The number of nitrogens with one attached hydrogen (secondary N) is 1. The highest BCUT2D eigenvalue weighted by Gasteiger charge is 2.19. The molecule has 4 aromatic rings. The highest BCUT2D eigenvalue weighted by molar-refractivity contribution is 7.12. The number of nitrogens with zero attached hydrogens (tertiary/aromatic N) is 6. The van der Waals surface area contributed by atoms with Crippen molar-refractivity contribution < 1.29 is 0 Å². The smallest absolute Gasteiger partial charge is 0.279 e. The second-order valence-corrected chi connectivity index (χ2v) is 6.17. The van der Waals surface area contributed by atoms with E-state index < -0.39 is 0 Å². The summed E-state index contributed by atoms with van der Waals surface area (Å²) in [6.07, 6.45) is 4.89. The molecule has 0 saturated carbocycles. The average molecular weight is 327 g/mol. The Bertz CT molecular complexity index is 1030. The summed E-state index contributed by atoms with van der Waals surface area (Å²) >= 11 is 1.46. The van der Waals surface area contributed by atoms with Gasteiger partial charge in [0.25, 0.3) is 5.56 Å². The lowest BCUT2D eigenvalue weighted by atomic mass is 10.0. The molecular formula is C14H13N7OS. The zero-order valence-electron chi connectivity index (χ0n) is 12.5. The number of aromatic nitrogens is 7. The molecule has 0 spiro atoms. The first-order chi connectivity index (χ1) is 11.1. The van der Waals surface area contributed by atoms with E-state index in [0.29, 0.717) is 22.7 Å². The van der Waals surface area contributed by atoms with E-state index in [-0.39, 0.29) is 11.5 Å². The molecular weight excluding hydrogens is 314 g/mol. The average Bonchev–Trinajstić information content (AvgIpc) is 3.26. The van der Waals surface area contributed by atoms with Crippen molar-refractivity contribution in [2.75, 3.05) is 0 Å². The number of hydrogen-bond donors (Lipinski definition) is 1. The largest absolute Gasteiger partial charge is 0.322 e. The van der Waals surface area contributed by atoms with Gasteiger partial charge in [0, 0.05) is 23.3 Å². The van der Waals surface area contributed by atoms with Gasteiger partial charge in [-0.05, 0) is 12.0 Å². The molecule has 4 aromatic heterocycles. The third-order valence-electron chi connectivity index (χ3n) is 3.50. The number of rotatable bonds is 3. The molecule has 0 aromatic carbocycles. The standard InChI is InChI=1S/C14H13N7OS/c1-8(2)10-11(19-13-15-7-17-21(13)12(10)22)9-6-23-14(18-9)20-5-3-4-16-20/h3-8H,1-2H3,(H,15,17,19). The molecule has 0 saturated heterocycles. The highest BCUT2D eigenvalue weighted by atomic mass is 32.1. The van der Waals surface area contributed by atoms with Crippen molar-refractivity contribution in [1.82, 2.24) is 34.3 Å². The first-order valence-corrected chi connectivity index (χ1v) is 7.95. The fourth-order valence-corrected chi connectivity index (χ4v) is 3.23. The van der Waals surface area contributed by atoms with E-state index in [1.54, 1.807) is 10.9 Å². The topological polar surface area (TPSA) is 93.8 Å². The van der Waals surface area contributed by atoms with Gasteiger partial charge in [-0.15, -0.1) is 11.3 Å². The van der Waals surface area contributed by atoms with Gasteiger partial charge in [-0.2, -0.15) is 19.7 Å². The van der Waals surface area contributed by atoms with Crippen LogP contribution in [-0.4, -0.2) is 34.3 Å². The van der Waals surface area contributed by atoms with Crippen LogP contribution in [0.15, 0.2) is 35.0 Å². The van der Waals surface area contributed by atoms with Crippen LogP contribution in [0.25, 0.3) is 22.3 Å². The molecule has 0 aliphatic rings. The number of hydrogen-bond acceptors (Lipinski definition) is 6. The minimum Gasteiger partial charge on any atom is -0.322 e. The number of thiazole rings is 1. The van der Waals surface area contributed by atoms with Crippen LogP contribution in [0, 0.1) is 0 Å². The van der Waals surface area contributed by atoms with Gasteiger partial charge in [0.05, 0.1) is 5.69 Å². The molecule has 0 fully saturated rings. The van der Waals surface area contributed by atoms with Crippen molar-refractivity contribution in [3.8, 4) is 16.5 Å². The molecule has 0 bridgehead atoms. The van der Waals surface area contributed by atoms with Crippen molar-refractivity contribution in [2.24, 2.45) is 0 Å². The lowest BCUT2D eigenvalue weighted by molar-refractivity contribution is 0.795. The summed E-state index contributed by atoms with van der Waals surface area (Å²) in [5, 5.41) is 10.8. The minimum atomic E-state index is -0.171. The van der Waals surface area contributed by atoms with Crippen LogP contribution in [-0.2, 0) is 0 Å². The van der Waals surface area contributed by atoms with Crippen LogP contribution in [0.5, 0.6) is 0 Å². The van der Waals surface area contributed by atoms with Crippen LogP contribution in [0.4, 0.5) is 0 Å². The molecule has 9 heteroatoms. The van der Waals surface area contributed by atoms with Gasteiger partial charge >= 0.3 is 0 Å². The van der Waals surface area contributed by atoms with E-state index in [1.807, 2.05) is 31.5 Å². The Hall–Kier alpha value is -2.81. The molecule has 0 amide bonds. The Morgan fingerprint density at radius 1 is 1.30 bits per heavy atom. The predicted octanol–water partition coefficient (Wildman–Crippen LogP) is 1.85. The van der Waals surface area contributed by atoms with Gasteiger partial charge in [0.2, 0.25) is 10.9 Å². The SMILES string of the molecule is CC(C)c1c(-c2csc(-n3cccn3)n2)[nH]c2ncnn2c1=O. The molecule has 0 unspecified atom stereocenters. The quantitative estimate of drug-likeness (QED) is 0.620. The van der Waals surface area contributed by atoms with Crippen molar-refractivity contribution >= 4 is 17.1 Å². The number of fused-ring (bicyclic) bond motifs is 1. The van der Waals surface area contributed by atoms with E-state index in [1.165, 1.54) is 22.2 Å². The van der Waals surface area contributed by atoms with Crippen molar-refractivity contribution in [2.45, 2.75) is 19.8 Å². The first-order valence-electron chi connectivity index (χ1n) is 7.07. The maximum atomic E-state index is 12.7. The maximum Gasteiger partial charge on any atom is 0.279 e. The summed E-state index contributed by atoms with van der Waals surface area (Å²) in [5.74, 6) is 0.431. The van der Waals surface area contributed by atoms with Crippen LogP contribution in [0.1, 0.15) is 25.3 Å². The van der Waals surface area contributed by atoms with Gasteiger partial charge in [-0.25, -0.2) is 9.67 Å². The molecule has 0 aliphatic heterocycles. The van der Waals surface area contributed by atoms with Gasteiger partial charge < -0.3 is 4.98 Å². The molecule has 1 N–H and O–H groups in total. The summed E-state index contributed by atoms with van der Waals surface area (Å²) < 4.78 is 2.97. The fraction of sp³-hybridized carbons (Fsp3) is 0.214. The summed E-state index contributed by atoms with van der Waals surface area (Å²) in [4.78, 5) is 24.5. The zero-order chi connectivity index (χ0) is 16.0. The minimum absolute atomic E-state index is 0.0252. The molecule has 4 rings (SSSR count). The summed E-state index contributed by atoms with van der Waals surface area (Å²) in [7, 11) is 0. The van der Waals surface area contributed by atoms with Crippen molar-refractivity contribution in [3.63, 3.8) is 0 Å². The number of H-pyrrole nitrogens is 1. The predicted molar refractivity (Wildman–Crippen MR) is 85.9 cm³/mol. The molecule has 116 valence electrons. The normalized spacial score (nSPS) is 11.6. The van der Waals surface area contributed by atoms with Crippen molar-refractivity contribution in [1.29, 1.82) is 0 Å². The second kappa shape index (κ2) is 5.13. The molecule has 0 atom stereocenters. The Morgan fingerprint density at radius 2 is 2.17 bits per heavy atom. The van der Waals surface area contributed by atoms with E-state index in [9.17, 15) is 4.79 Å². The molecule has 0 aliphatic carbocycles. The zero-order valence-corrected chi connectivity index (χ0v) is 13.3. The van der Waals surface area contributed by atoms with Crippen molar-refractivity contribution in [3.05, 3.63) is 46.1 Å². The fourth-order valence-electron chi connectivity index (χ4n) is 2.48. The second-order valence-electron chi connectivity index (χ2n) is 5.33. The lowest BCUT2D eigenvalue weighted by Gasteiger charge is -2.10. The van der Waals surface area contributed by atoms with E-state index >= 15 is 0 Å². The summed E-state index contributed by atoms with van der Waals surface area (Å²) in [6.45, 7) is 3.94. The Kier molecular flexibility index (Phi) is 3.08. The third-order valence-corrected chi connectivity index (χ3v) is 4.33. The molecule has 4 heterocycles. The lowest BCUT2D eigenvalue weighted by Crippen LogP contribution is -2.22. The molecule has 23 heavy (non-hydrogen) atoms. The van der Waals surface area contributed by atoms with E-state index in [0.717, 1.165) is 5.13 Å². The third kappa shape index (κ3) is 2.16. The van der Waals surface area contributed by atoms with Gasteiger partial charge in [-0.1, -0.05) is 13.8 Å². The van der Waals surface area contributed by atoms with Gasteiger partial charge in [0.1, 0.15) is 12.0 Å². The Labute approximate surface area is 134 Å². The van der Waals surface area contributed by atoms with Gasteiger partial charge in [0.15, 0.2) is 0 Å². The monoisotopic (exact) mass is 327 g/mol. The van der Waals surface area contributed by atoms with Crippen LogP contribution in [0.3, 0.4) is 0 Å². The number of aromatic amines is 1. The molecule has 0 radical (unpaired) electrons. The summed E-state index contributed by atoms with van der Waals surface area (Å²) in [5.41, 5.74) is 1.85. The highest BCUT2D eigenvalue weighted by Crippen LogP contribution is 2.27. The first kappa shape index (κ1) is 13.8. The maximum absolute atomic E-state index is 12.7. The van der Waals surface area contributed by atoms with E-state index in [4.69, 9.17) is 0 Å². The summed E-state index contributed by atoms with van der Waals surface area (Å²) in [6, 6.07) is 1.84. The van der Waals surface area contributed by atoms with Crippen LogP contribution >= 0.6 is 11.3 Å². The van der Waals surface area contributed by atoms with Crippen LogP contribution < -0.4 is 5.56 Å². The van der Waals surface area contributed by atoms with E-state index in [2.05, 4.69) is 25.1 Å². The Balaban J connectivity index is 1.94. The van der Waals surface area contributed by atoms with Gasteiger partial charge in [-0.3, -0.25) is 4.79 Å². The van der Waals surface area contributed by atoms with Crippen LogP contribution in [0.2, 0.25) is 0 Å².